The SMILES string of the molecule is CC/C=C(\CCC)C(=O)OCCOC(=O)OCC. The van der Waals surface area contributed by atoms with E-state index < -0.39 is 6.16 Å². The molecule has 0 aromatic carbocycles. The molecular formula is C13H22O5. The fraction of sp³-hybridized carbons (Fsp3) is 0.692. The summed E-state index contributed by atoms with van der Waals surface area (Å²) in [7, 11) is 0. The number of esters is 1. The number of hydrogen-bond donors (Lipinski definition) is 0. The molecule has 0 aromatic heterocycles. The quantitative estimate of drug-likeness (QED) is 0.380. The maximum Gasteiger partial charge on any atom is 0.508 e. The van der Waals surface area contributed by atoms with Crippen molar-refractivity contribution in [3.8, 4) is 0 Å². The van der Waals surface area contributed by atoms with E-state index in [1.165, 1.54) is 0 Å². The van der Waals surface area contributed by atoms with Crippen LogP contribution in [0.5, 0.6) is 0 Å². The van der Waals surface area contributed by atoms with Crippen molar-refractivity contribution in [2.75, 3.05) is 19.8 Å². The van der Waals surface area contributed by atoms with Gasteiger partial charge in [0.25, 0.3) is 0 Å². The molecule has 0 saturated carbocycles. The predicted molar refractivity (Wildman–Crippen MR) is 67.2 cm³/mol. The molecule has 0 bridgehead atoms. The Morgan fingerprint density at radius 1 is 1.00 bits per heavy atom. The average Bonchev–Trinajstić information content (AvgIpc) is 2.34. The van der Waals surface area contributed by atoms with Crippen LogP contribution in [0, 0.1) is 0 Å². The van der Waals surface area contributed by atoms with Gasteiger partial charge in [0.1, 0.15) is 13.2 Å². The predicted octanol–water partition coefficient (Wildman–Crippen LogP) is 2.84. The highest BCUT2D eigenvalue weighted by atomic mass is 16.7. The van der Waals surface area contributed by atoms with Crippen molar-refractivity contribution >= 4 is 12.1 Å². The normalized spacial score (nSPS) is 10.9. The fourth-order valence-corrected chi connectivity index (χ4v) is 1.31. The van der Waals surface area contributed by atoms with Crippen LogP contribution in [0.25, 0.3) is 0 Å². The molecule has 0 aromatic rings. The minimum Gasteiger partial charge on any atom is -0.459 e. The van der Waals surface area contributed by atoms with Gasteiger partial charge in [-0.2, -0.15) is 0 Å². The first-order chi connectivity index (χ1) is 8.65. The van der Waals surface area contributed by atoms with Crippen LogP contribution in [-0.2, 0) is 19.0 Å². The lowest BCUT2D eigenvalue weighted by atomic mass is 10.1. The summed E-state index contributed by atoms with van der Waals surface area (Å²) in [5.74, 6) is -0.342. The van der Waals surface area contributed by atoms with E-state index in [-0.39, 0.29) is 25.8 Å². The molecule has 18 heavy (non-hydrogen) atoms. The van der Waals surface area contributed by atoms with Crippen molar-refractivity contribution in [2.24, 2.45) is 0 Å². The first kappa shape index (κ1) is 16.5. The molecule has 0 rings (SSSR count). The largest absolute Gasteiger partial charge is 0.508 e. The van der Waals surface area contributed by atoms with E-state index in [0.717, 1.165) is 12.8 Å². The highest BCUT2D eigenvalue weighted by molar-refractivity contribution is 5.88. The summed E-state index contributed by atoms with van der Waals surface area (Å²) in [4.78, 5) is 22.5. The van der Waals surface area contributed by atoms with Gasteiger partial charge in [-0.25, -0.2) is 9.59 Å². The van der Waals surface area contributed by atoms with Crippen molar-refractivity contribution < 1.29 is 23.8 Å². The standard InChI is InChI=1S/C13H22O5/c1-4-7-11(8-5-2)12(14)17-9-10-18-13(15)16-6-3/h7H,4-6,8-10H2,1-3H3/b11-7+. The molecule has 0 fully saturated rings. The van der Waals surface area contributed by atoms with E-state index in [2.05, 4.69) is 9.47 Å². The third-order valence-electron chi connectivity index (χ3n) is 2.03. The summed E-state index contributed by atoms with van der Waals surface area (Å²) < 4.78 is 14.2. The third kappa shape index (κ3) is 7.70. The number of rotatable bonds is 8. The van der Waals surface area contributed by atoms with Gasteiger partial charge in [-0.15, -0.1) is 0 Å². The second-order valence-corrected chi connectivity index (χ2v) is 3.56. The Labute approximate surface area is 108 Å². The topological polar surface area (TPSA) is 61.8 Å². The van der Waals surface area contributed by atoms with Gasteiger partial charge >= 0.3 is 12.1 Å². The summed E-state index contributed by atoms with van der Waals surface area (Å²) in [6, 6.07) is 0. The first-order valence-electron chi connectivity index (χ1n) is 6.31. The zero-order valence-electron chi connectivity index (χ0n) is 11.4. The maximum atomic E-state index is 11.6. The van der Waals surface area contributed by atoms with Crippen LogP contribution in [0.4, 0.5) is 4.79 Å². The molecular weight excluding hydrogens is 236 g/mol. The van der Waals surface area contributed by atoms with E-state index in [0.29, 0.717) is 12.0 Å². The number of carbonyl (C=O) groups excluding carboxylic acids is 2. The molecule has 0 spiro atoms. The maximum absolute atomic E-state index is 11.6. The van der Waals surface area contributed by atoms with Gasteiger partial charge in [-0.3, -0.25) is 0 Å². The van der Waals surface area contributed by atoms with Crippen LogP contribution in [-0.4, -0.2) is 31.9 Å². The molecule has 104 valence electrons. The molecule has 0 amide bonds. The molecule has 0 aliphatic heterocycles. The number of carbonyl (C=O) groups is 2. The van der Waals surface area contributed by atoms with Crippen LogP contribution < -0.4 is 0 Å². The molecule has 0 heterocycles. The Hall–Kier alpha value is -1.52. The summed E-state index contributed by atoms with van der Waals surface area (Å²) in [6.07, 6.45) is 3.50. The highest BCUT2D eigenvalue weighted by Crippen LogP contribution is 2.08. The zero-order valence-corrected chi connectivity index (χ0v) is 11.4. The van der Waals surface area contributed by atoms with Gasteiger partial charge < -0.3 is 14.2 Å². The van der Waals surface area contributed by atoms with Gasteiger partial charge in [0.15, 0.2) is 0 Å². The van der Waals surface area contributed by atoms with Crippen molar-refractivity contribution in [2.45, 2.75) is 40.0 Å². The van der Waals surface area contributed by atoms with Crippen molar-refractivity contribution in [1.29, 1.82) is 0 Å². The molecule has 0 N–H and O–H groups in total. The number of ether oxygens (including phenoxy) is 3. The van der Waals surface area contributed by atoms with Crippen molar-refractivity contribution in [3.05, 3.63) is 11.6 Å². The monoisotopic (exact) mass is 258 g/mol. The van der Waals surface area contributed by atoms with Gasteiger partial charge in [0.2, 0.25) is 0 Å². The fourth-order valence-electron chi connectivity index (χ4n) is 1.31. The Morgan fingerprint density at radius 3 is 2.22 bits per heavy atom. The van der Waals surface area contributed by atoms with Gasteiger partial charge in [0, 0.05) is 5.57 Å². The van der Waals surface area contributed by atoms with Gasteiger partial charge in [0.05, 0.1) is 6.61 Å². The summed E-state index contributed by atoms with van der Waals surface area (Å²) in [5.41, 5.74) is 0.677. The van der Waals surface area contributed by atoms with Crippen LogP contribution >= 0.6 is 0 Å². The Balaban J connectivity index is 3.87. The highest BCUT2D eigenvalue weighted by Gasteiger charge is 2.10. The minimum atomic E-state index is -0.744. The van der Waals surface area contributed by atoms with Gasteiger partial charge in [-0.05, 0) is 19.8 Å². The Kier molecular flexibility index (Phi) is 9.73. The van der Waals surface area contributed by atoms with Crippen LogP contribution in [0.1, 0.15) is 40.0 Å². The summed E-state index contributed by atoms with van der Waals surface area (Å²) in [6.45, 7) is 5.97. The zero-order chi connectivity index (χ0) is 13.8. The molecule has 0 unspecified atom stereocenters. The first-order valence-corrected chi connectivity index (χ1v) is 6.31. The van der Waals surface area contributed by atoms with E-state index in [9.17, 15) is 9.59 Å². The third-order valence-corrected chi connectivity index (χ3v) is 2.03. The number of allylic oxidation sites excluding steroid dienone is 1. The van der Waals surface area contributed by atoms with E-state index in [1.807, 2.05) is 19.9 Å². The van der Waals surface area contributed by atoms with Crippen LogP contribution in [0.3, 0.4) is 0 Å². The molecule has 0 saturated heterocycles. The molecule has 0 atom stereocenters. The molecule has 0 radical (unpaired) electrons. The minimum absolute atomic E-state index is 0.0100. The van der Waals surface area contributed by atoms with Gasteiger partial charge in [-0.1, -0.05) is 26.3 Å². The van der Waals surface area contributed by atoms with Crippen molar-refractivity contribution in [3.63, 3.8) is 0 Å². The van der Waals surface area contributed by atoms with Crippen molar-refractivity contribution in [1.82, 2.24) is 0 Å². The summed E-state index contributed by atoms with van der Waals surface area (Å²) >= 11 is 0. The second kappa shape index (κ2) is 10.6. The van der Waals surface area contributed by atoms with E-state index >= 15 is 0 Å². The lowest BCUT2D eigenvalue weighted by molar-refractivity contribution is -0.140. The smallest absolute Gasteiger partial charge is 0.459 e. The lowest BCUT2D eigenvalue weighted by Crippen LogP contribution is -2.15. The Bertz CT molecular complexity index is 283. The molecule has 0 aliphatic carbocycles. The number of hydrogen-bond acceptors (Lipinski definition) is 5. The molecule has 0 aliphatic rings. The molecule has 5 nitrogen and oxygen atoms in total. The Morgan fingerprint density at radius 2 is 1.67 bits per heavy atom. The summed E-state index contributed by atoms with van der Waals surface area (Å²) in [5, 5.41) is 0. The van der Waals surface area contributed by atoms with Crippen LogP contribution in [0.15, 0.2) is 11.6 Å². The van der Waals surface area contributed by atoms with Crippen LogP contribution in [0.2, 0.25) is 0 Å². The van der Waals surface area contributed by atoms with E-state index in [1.54, 1.807) is 6.92 Å². The lowest BCUT2D eigenvalue weighted by Gasteiger charge is -2.08. The average molecular weight is 258 g/mol. The molecule has 5 heteroatoms. The van der Waals surface area contributed by atoms with E-state index in [4.69, 9.17) is 4.74 Å². The second-order valence-electron chi connectivity index (χ2n) is 3.56.